The molecule has 0 saturated carbocycles. The maximum absolute atomic E-state index is 10.6. The molecule has 0 aromatic carbocycles. The molecule has 0 atom stereocenters. The van der Waals surface area contributed by atoms with E-state index in [4.69, 9.17) is 6.58 Å². The van der Waals surface area contributed by atoms with Gasteiger partial charge in [0.25, 0.3) is 0 Å². The van der Waals surface area contributed by atoms with Crippen molar-refractivity contribution < 1.29 is 42.3 Å². The first kappa shape index (κ1) is 9.98. The molecule has 1 aliphatic rings. The van der Waals surface area contributed by atoms with Crippen LogP contribution in [0.25, 0.3) is 0 Å². The van der Waals surface area contributed by atoms with E-state index < -0.39 is 11.7 Å². The van der Waals surface area contributed by atoms with Crippen molar-refractivity contribution in [3.8, 4) is 0 Å². The van der Waals surface area contributed by atoms with E-state index in [0.29, 0.717) is 0 Å². The summed E-state index contributed by atoms with van der Waals surface area (Å²) in [5, 5.41) is 0. The molecule has 3 nitrogen and oxygen atoms in total. The Bertz CT molecular complexity index is 200. The molecule has 1 fully saturated rings. The van der Waals surface area contributed by atoms with Gasteiger partial charge < -0.3 is 9.69 Å². The number of Topliss-reactive ketones (excluding diaryl/α,β-unsaturated/α-hetero) is 1. The second-order valence-corrected chi connectivity index (χ2v) is 2.02. The number of ketones is 1. The Morgan fingerprint density at radius 3 is 2.10 bits per heavy atom. The van der Waals surface area contributed by atoms with Crippen molar-refractivity contribution in [1.29, 1.82) is 0 Å². The zero-order valence-electron chi connectivity index (χ0n) is 5.63. The molecule has 0 unspecified atom stereocenters. The molecule has 1 rings (SSSR count). The number of carbonyl (C=O) groups excluding carboxylic acids is 2. The van der Waals surface area contributed by atoms with E-state index in [2.05, 4.69) is 0 Å². The Hall–Kier alpha value is -0.0161. The van der Waals surface area contributed by atoms with E-state index in [0.717, 1.165) is 0 Å². The monoisotopic (exact) mass is 213 g/mol. The summed E-state index contributed by atoms with van der Waals surface area (Å²) in [4.78, 5) is 22.4. The Morgan fingerprint density at radius 2 is 2.00 bits per heavy atom. The van der Waals surface area contributed by atoms with E-state index in [-0.39, 0.29) is 44.8 Å². The molecule has 0 aliphatic carbocycles. The van der Waals surface area contributed by atoms with Crippen LogP contribution in [0.1, 0.15) is 0 Å². The fourth-order valence-electron chi connectivity index (χ4n) is 0.710. The molecule has 0 spiro atoms. The van der Waals surface area contributed by atoms with Crippen LogP contribution in [0.2, 0.25) is 0 Å². The summed E-state index contributed by atoms with van der Waals surface area (Å²) in [6, 6.07) is 0. The number of likely N-dealkylation sites (N-methyl/N-ethyl adjacent to an activating group) is 1. The van der Waals surface area contributed by atoms with Gasteiger partial charge in [0.05, 0.1) is 5.78 Å². The molecular weight excluding hydrogens is 207 g/mol. The van der Waals surface area contributed by atoms with Crippen LogP contribution in [-0.4, -0.2) is 30.2 Å². The minimum absolute atomic E-state index is 0. The van der Waals surface area contributed by atoms with Crippen molar-refractivity contribution in [3.05, 3.63) is 12.2 Å². The van der Waals surface area contributed by atoms with Crippen molar-refractivity contribution in [2.45, 2.75) is 0 Å². The van der Waals surface area contributed by atoms with Crippen molar-refractivity contribution >= 4 is 11.7 Å². The third-order valence-electron chi connectivity index (χ3n) is 1.24. The maximum Gasteiger partial charge on any atom is 0.210 e. The van der Waals surface area contributed by atoms with Crippen molar-refractivity contribution in [3.63, 3.8) is 0 Å². The van der Waals surface area contributed by atoms with E-state index in [1.807, 2.05) is 0 Å². The van der Waals surface area contributed by atoms with E-state index in [1.54, 1.807) is 7.05 Å². The van der Waals surface area contributed by atoms with Gasteiger partial charge in [0.2, 0.25) is 5.91 Å². The average Bonchev–Trinajstić information content (AvgIpc) is 1.98. The number of likely N-dealkylation sites (tertiary alicyclic amines) is 1. The van der Waals surface area contributed by atoms with Crippen LogP contribution in [0.4, 0.5) is 0 Å². The van der Waals surface area contributed by atoms with Crippen molar-refractivity contribution in [2.24, 2.45) is 0 Å². The smallest absolute Gasteiger partial charge is 0.210 e. The minimum Gasteiger partial charge on any atom is -0.396 e. The molecule has 10 heavy (non-hydrogen) atoms. The quantitative estimate of drug-likeness (QED) is 0.305. The number of hydrogen-bond donors (Lipinski definition) is 0. The molecule has 1 aliphatic heterocycles. The fraction of sp³-hybridized carbons (Fsp3) is 0.333. The number of carbonyl (C=O) groups is 2. The van der Waals surface area contributed by atoms with Gasteiger partial charge in [-0.1, -0.05) is 0 Å². The van der Waals surface area contributed by atoms with Gasteiger partial charge in [-0.25, -0.2) is 0 Å². The molecule has 51 valence electrons. The van der Waals surface area contributed by atoms with Crippen LogP contribution in [0.5, 0.6) is 0 Å². The first-order chi connectivity index (χ1) is 4.13. The predicted octanol–water partition coefficient (Wildman–Crippen LogP) is -0.616. The Balaban J connectivity index is 0.000000810. The third kappa shape index (κ3) is 1.52. The minimum atomic E-state index is -0.558. The van der Waals surface area contributed by atoms with E-state index in [1.165, 1.54) is 4.90 Å². The van der Waals surface area contributed by atoms with Crippen LogP contribution < -0.4 is 0 Å². The molecule has 0 bridgehead atoms. The molecule has 1 saturated heterocycles. The summed E-state index contributed by atoms with van der Waals surface area (Å²) in [5.74, 6) is -1.06. The Kier molecular flexibility index (Phi) is 3.39. The van der Waals surface area contributed by atoms with Gasteiger partial charge in [0, 0.05) is 46.3 Å². The zero-order chi connectivity index (χ0) is 7.02. The van der Waals surface area contributed by atoms with Crippen molar-refractivity contribution in [2.75, 3.05) is 13.6 Å². The standard InChI is InChI=1S/C6H6NO2.Y/c1-4-3-7(2)6(9)5(4)8;/h1H,3H2,2H3;/q-1;. The Morgan fingerprint density at radius 1 is 1.50 bits per heavy atom. The average molecular weight is 213 g/mol. The van der Waals surface area contributed by atoms with E-state index in [9.17, 15) is 9.59 Å². The van der Waals surface area contributed by atoms with Crippen LogP contribution in [0.15, 0.2) is 5.57 Å². The van der Waals surface area contributed by atoms with Crippen LogP contribution in [0, 0.1) is 6.58 Å². The van der Waals surface area contributed by atoms with Gasteiger partial charge in [0.1, 0.15) is 0 Å². The van der Waals surface area contributed by atoms with Gasteiger partial charge in [-0.05, 0) is 0 Å². The number of rotatable bonds is 0. The SMILES string of the molecule is [CH-]=C1CN(C)C(=O)C1=O.[Y]. The number of hydrogen-bond acceptors (Lipinski definition) is 2. The van der Waals surface area contributed by atoms with Gasteiger partial charge in [0.15, 0.2) is 0 Å². The molecule has 4 heteroatoms. The molecule has 0 aromatic heterocycles. The number of amides is 1. The van der Waals surface area contributed by atoms with Crippen LogP contribution in [0.3, 0.4) is 0 Å². The molecule has 1 radical (unpaired) electrons. The summed E-state index contributed by atoms with van der Waals surface area (Å²) < 4.78 is 0. The third-order valence-corrected chi connectivity index (χ3v) is 1.24. The van der Waals surface area contributed by atoms with Gasteiger partial charge in [-0.3, -0.25) is 11.4 Å². The second kappa shape index (κ2) is 3.40. The van der Waals surface area contributed by atoms with Crippen LogP contribution in [-0.2, 0) is 42.3 Å². The van der Waals surface area contributed by atoms with Crippen molar-refractivity contribution in [1.82, 2.24) is 4.90 Å². The van der Waals surface area contributed by atoms with Crippen LogP contribution >= 0.6 is 0 Å². The van der Waals surface area contributed by atoms with Gasteiger partial charge in [-0.15, -0.1) is 0 Å². The summed E-state index contributed by atoms with van der Waals surface area (Å²) in [7, 11) is 1.54. The summed E-state index contributed by atoms with van der Waals surface area (Å²) in [5.41, 5.74) is 0.141. The fourth-order valence-corrected chi connectivity index (χ4v) is 0.710. The molecular formula is C6H6NO2Y-. The maximum atomic E-state index is 10.6. The topological polar surface area (TPSA) is 37.4 Å². The van der Waals surface area contributed by atoms with Gasteiger partial charge in [-0.2, -0.15) is 5.57 Å². The molecule has 1 amide bonds. The molecule has 1 heterocycles. The first-order valence-electron chi connectivity index (χ1n) is 2.54. The van der Waals surface area contributed by atoms with Gasteiger partial charge >= 0.3 is 0 Å². The molecule has 0 N–H and O–H groups in total. The summed E-state index contributed by atoms with van der Waals surface area (Å²) in [6.45, 7) is 5.44. The second-order valence-electron chi connectivity index (χ2n) is 2.02. The Labute approximate surface area is 84.3 Å². The summed E-state index contributed by atoms with van der Waals surface area (Å²) in [6.07, 6.45) is 0. The normalized spacial score (nSPS) is 17.7. The zero-order valence-corrected chi connectivity index (χ0v) is 8.46. The predicted molar refractivity (Wildman–Crippen MR) is 30.5 cm³/mol. The first-order valence-corrected chi connectivity index (χ1v) is 2.54. The largest absolute Gasteiger partial charge is 0.396 e. The summed E-state index contributed by atoms with van der Waals surface area (Å²) >= 11 is 0. The van der Waals surface area contributed by atoms with E-state index >= 15 is 0 Å². The number of nitrogens with zero attached hydrogens (tertiary/aromatic N) is 1. The molecule has 0 aromatic rings.